The Hall–Kier alpha value is -6.00. The van der Waals surface area contributed by atoms with E-state index in [1.807, 2.05) is 154 Å². The molecule has 0 radical (unpaired) electrons. The number of ketones is 2. The molecule has 10 unspecified atom stereocenters. The van der Waals surface area contributed by atoms with Crippen LogP contribution < -0.4 is 0 Å². The molecule has 2 aliphatic rings. The zero-order chi connectivity index (χ0) is 62.7. The highest BCUT2D eigenvalue weighted by Crippen LogP contribution is 2.42. The minimum atomic E-state index is -1.88. The fourth-order valence-corrected chi connectivity index (χ4v) is 8.43. The van der Waals surface area contributed by atoms with Gasteiger partial charge in [-0.15, -0.1) is 0 Å². The Balaban J connectivity index is 0.000000821. The van der Waals surface area contributed by atoms with Gasteiger partial charge in [0.2, 0.25) is 0 Å². The molecule has 10 atom stereocenters. The first-order chi connectivity index (χ1) is 38.3. The number of aliphatic hydroxyl groups excluding tert-OH is 9. The maximum Gasteiger partial charge on any atom is 0.307 e. The van der Waals surface area contributed by atoms with Crippen molar-refractivity contribution in [2.24, 2.45) is 10.8 Å². The number of ether oxygens (including phenoxy) is 4. The molecule has 458 valence electrons. The Labute approximate surface area is 483 Å². The Bertz CT molecular complexity index is 2510. The van der Waals surface area contributed by atoms with Crippen molar-refractivity contribution in [1.29, 1.82) is 0 Å². The topological polar surface area (TPSA) is 321 Å². The van der Waals surface area contributed by atoms with Crippen LogP contribution in [-0.4, -0.2) is 162 Å². The summed E-state index contributed by atoms with van der Waals surface area (Å²) in [5.74, 6) is -3.80. The van der Waals surface area contributed by atoms with E-state index in [1.54, 1.807) is 20.8 Å². The molecule has 19 nitrogen and oxygen atoms in total. The predicted octanol–water partition coefficient (Wildman–Crippen LogP) is 5.97. The second kappa shape index (κ2) is 36.6. The molecule has 0 bridgehead atoms. The van der Waals surface area contributed by atoms with Gasteiger partial charge in [0.1, 0.15) is 55.9 Å². The molecule has 0 aromatic rings. The number of carbonyl (C=O) groups is 6. The van der Waals surface area contributed by atoms with Crippen LogP contribution in [0.5, 0.6) is 0 Å². The van der Waals surface area contributed by atoms with Gasteiger partial charge in [-0.2, -0.15) is 0 Å². The minimum Gasteiger partial charge on any atom is -0.463 e. The van der Waals surface area contributed by atoms with Gasteiger partial charge in [-0.05, 0) is 94.9 Å². The standard InChI is InChI=1S/C32H46O10.C31H46O9/c1-7-8-10-20(2)11-9-12-21(3)13-14-23-22(4)29(38)26(17-32(23,5)6)42-28(37)16-15-27(36)41-19-25(35)31(40)30(39)24(34)18-33;1-8-19(3)11-10-12-20(4)13-14-22-21(5)28(36)25(17-31(22,6)7)40-27(35)16-15-26(34)39-18-24(33)30(38)29(37)23(32)9-2/h7-14,24-26,30-31,33-35,39-40H,15-19H2,1-6H3;8,10-14,23-25,29-30,32-33,37-38H,9,15-18H2,1-7H3/b8-7+,11-9+,14-13+,20-10+,21-12+;11-10+,14-13+,19-8+,20-12+. The van der Waals surface area contributed by atoms with Crippen LogP contribution in [0, 0.1) is 10.8 Å². The minimum absolute atomic E-state index is 0.160. The summed E-state index contributed by atoms with van der Waals surface area (Å²) in [5, 5.41) is 86.4. The van der Waals surface area contributed by atoms with Gasteiger partial charge in [0.05, 0.1) is 38.4 Å². The summed E-state index contributed by atoms with van der Waals surface area (Å²) in [5.41, 5.74) is 6.10. The molecule has 0 heterocycles. The Morgan fingerprint density at radius 1 is 0.524 bits per heavy atom. The summed E-state index contributed by atoms with van der Waals surface area (Å²) >= 11 is 0. The van der Waals surface area contributed by atoms with Crippen molar-refractivity contribution in [3.8, 4) is 0 Å². The van der Waals surface area contributed by atoms with Crippen molar-refractivity contribution in [3.63, 3.8) is 0 Å². The van der Waals surface area contributed by atoms with Gasteiger partial charge in [-0.25, -0.2) is 0 Å². The summed E-state index contributed by atoms with van der Waals surface area (Å²) in [6.45, 7) is 22.6. The lowest BCUT2D eigenvalue weighted by molar-refractivity contribution is -0.161. The van der Waals surface area contributed by atoms with Crippen LogP contribution in [-0.2, 0) is 47.7 Å². The lowest BCUT2D eigenvalue weighted by Gasteiger charge is -2.36. The monoisotopic (exact) mass is 1150 g/mol. The first-order valence-electron chi connectivity index (χ1n) is 27.5. The zero-order valence-electron chi connectivity index (χ0n) is 50.0. The van der Waals surface area contributed by atoms with E-state index in [0.717, 1.165) is 33.4 Å². The molecule has 0 amide bonds. The van der Waals surface area contributed by atoms with Crippen LogP contribution in [0.1, 0.15) is 135 Å². The van der Waals surface area contributed by atoms with Crippen molar-refractivity contribution in [1.82, 2.24) is 0 Å². The summed E-state index contributed by atoms with van der Waals surface area (Å²) in [6.07, 6.45) is 11.5. The van der Waals surface area contributed by atoms with Crippen LogP contribution >= 0.6 is 0 Å². The second-order valence-corrected chi connectivity index (χ2v) is 21.8. The molecule has 0 aromatic heterocycles. The van der Waals surface area contributed by atoms with Crippen LogP contribution in [0.15, 0.2) is 130 Å². The van der Waals surface area contributed by atoms with E-state index in [4.69, 9.17) is 24.1 Å². The van der Waals surface area contributed by atoms with Crippen LogP contribution in [0.3, 0.4) is 0 Å². The van der Waals surface area contributed by atoms with Crippen LogP contribution in [0.25, 0.3) is 0 Å². The van der Waals surface area contributed by atoms with Crippen molar-refractivity contribution in [2.45, 2.75) is 196 Å². The molecular weight excluding hydrogens is 1060 g/mol. The summed E-state index contributed by atoms with van der Waals surface area (Å²) in [6, 6.07) is 0. The fourth-order valence-electron chi connectivity index (χ4n) is 8.43. The number of hydrogen-bond acceptors (Lipinski definition) is 19. The van der Waals surface area contributed by atoms with E-state index in [0.29, 0.717) is 11.1 Å². The fraction of sp³-hybridized carbons (Fsp3) is 0.556. The van der Waals surface area contributed by atoms with E-state index < -0.39 is 122 Å². The predicted molar refractivity (Wildman–Crippen MR) is 310 cm³/mol. The highest BCUT2D eigenvalue weighted by Gasteiger charge is 2.41. The van der Waals surface area contributed by atoms with Crippen molar-refractivity contribution in [3.05, 3.63) is 130 Å². The number of hydrogen-bond donors (Lipinski definition) is 9. The average molecular weight is 1150 g/mol. The lowest BCUT2D eigenvalue weighted by Crippen LogP contribution is -2.47. The highest BCUT2D eigenvalue weighted by molar-refractivity contribution is 6.02. The molecule has 0 spiro atoms. The van der Waals surface area contributed by atoms with Gasteiger partial charge in [-0.1, -0.05) is 142 Å². The highest BCUT2D eigenvalue weighted by atomic mass is 16.6. The van der Waals surface area contributed by atoms with E-state index >= 15 is 0 Å². The Morgan fingerprint density at radius 3 is 1.23 bits per heavy atom. The third-order valence-electron chi connectivity index (χ3n) is 13.8. The molecule has 0 saturated carbocycles. The number of allylic oxidation sites excluding steroid dienone is 20. The number of carbonyl (C=O) groups excluding carboxylic acids is 6. The normalized spacial score (nSPS) is 21.3. The lowest BCUT2D eigenvalue weighted by atomic mass is 9.71. The van der Waals surface area contributed by atoms with Gasteiger partial charge < -0.3 is 64.9 Å². The van der Waals surface area contributed by atoms with Crippen molar-refractivity contribution in [2.75, 3.05) is 19.8 Å². The van der Waals surface area contributed by atoms with Crippen LogP contribution in [0.4, 0.5) is 0 Å². The van der Waals surface area contributed by atoms with Crippen molar-refractivity contribution < 1.29 is 93.7 Å². The zero-order valence-corrected chi connectivity index (χ0v) is 50.0. The molecule has 2 aliphatic carbocycles. The molecule has 0 aromatic carbocycles. The van der Waals surface area contributed by atoms with E-state index in [-0.39, 0.29) is 50.1 Å². The number of aliphatic hydroxyl groups is 9. The van der Waals surface area contributed by atoms with Gasteiger partial charge in [0, 0.05) is 12.8 Å². The molecule has 0 fully saturated rings. The maximum atomic E-state index is 13.0. The molecule has 9 N–H and O–H groups in total. The first kappa shape index (κ1) is 74.0. The molecule has 82 heavy (non-hydrogen) atoms. The summed E-state index contributed by atoms with van der Waals surface area (Å²) in [7, 11) is 0. The first-order valence-corrected chi connectivity index (χ1v) is 27.5. The molecule has 0 saturated heterocycles. The molecule has 0 aliphatic heterocycles. The number of rotatable bonds is 29. The Kier molecular flexibility index (Phi) is 33.0. The SMILES string of the molecule is C/C=C(C)/C=C/C=C(C)/C=C/C1=C(C)C(=O)C(OC(=O)CCC(=O)OCC(O)C(O)C(O)C(O)CC)CC1(C)C.C/C=C/C=C(C)/C=C/C=C(C)/C=C/C1=C(C)C(=O)C(OC(=O)CCC(=O)OCC(O)C(O)C(O)C(O)CO)CC1(C)C. The average Bonchev–Trinajstić information content (AvgIpc) is 3.62. The third-order valence-corrected chi connectivity index (χ3v) is 13.8. The number of esters is 4. The van der Waals surface area contributed by atoms with E-state index in [1.165, 1.54) is 0 Å². The largest absolute Gasteiger partial charge is 0.463 e. The van der Waals surface area contributed by atoms with Gasteiger partial charge in [-0.3, -0.25) is 28.8 Å². The smallest absolute Gasteiger partial charge is 0.307 e. The number of Topliss-reactive ketones (excluding diaryl/α,β-unsaturated/α-hetero) is 2. The van der Waals surface area contributed by atoms with Gasteiger partial charge in [0.15, 0.2) is 23.8 Å². The molecule has 19 heteroatoms. The second-order valence-electron chi connectivity index (χ2n) is 21.8. The van der Waals surface area contributed by atoms with E-state index in [2.05, 4.69) is 0 Å². The van der Waals surface area contributed by atoms with E-state index in [9.17, 15) is 69.6 Å². The summed E-state index contributed by atoms with van der Waals surface area (Å²) < 4.78 is 20.5. The van der Waals surface area contributed by atoms with Crippen LogP contribution in [0.2, 0.25) is 0 Å². The quantitative estimate of drug-likeness (QED) is 0.0237. The maximum absolute atomic E-state index is 13.0. The third kappa shape index (κ3) is 25.6. The van der Waals surface area contributed by atoms with Gasteiger partial charge >= 0.3 is 23.9 Å². The molecular formula is C63H92O19. The Morgan fingerprint density at radius 2 is 0.866 bits per heavy atom. The summed E-state index contributed by atoms with van der Waals surface area (Å²) in [4.78, 5) is 74.9. The van der Waals surface area contributed by atoms with Gasteiger partial charge in [0.25, 0.3) is 0 Å². The molecule has 2 rings (SSSR count). The van der Waals surface area contributed by atoms with Crippen molar-refractivity contribution >= 4 is 35.4 Å².